The first-order valence-corrected chi connectivity index (χ1v) is 7.23. The maximum Gasteiger partial charge on any atom is 0.227 e. The molecule has 2 heterocycles. The van der Waals surface area contributed by atoms with Crippen LogP contribution >= 0.6 is 0 Å². The van der Waals surface area contributed by atoms with E-state index >= 15 is 0 Å². The number of aromatic nitrogens is 2. The summed E-state index contributed by atoms with van der Waals surface area (Å²) in [5, 5.41) is 3.35. The van der Waals surface area contributed by atoms with Gasteiger partial charge in [0.2, 0.25) is 5.88 Å². The lowest BCUT2D eigenvalue weighted by Gasteiger charge is -2.18. The highest BCUT2D eigenvalue weighted by molar-refractivity contribution is 5.41. The van der Waals surface area contributed by atoms with Crippen LogP contribution in [0, 0.1) is 0 Å². The highest BCUT2D eigenvalue weighted by Crippen LogP contribution is 2.30. The zero-order valence-electron chi connectivity index (χ0n) is 11.4. The number of fused-ring (bicyclic) bond motifs is 2. The van der Waals surface area contributed by atoms with Gasteiger partial charge in [0.05, 0.1) is 11.3 Å². The van der Waals surface area contributed by atoms with Crippen molar-refractivity contribution in [3.8, 4) is 11.6 Å². The standard InChI is InChI=1S/C16H17N3O/c1-2-11-4-5-13(8-12(11)3-1)20-16-14-9-17-7-6-15(14)18-10-19-16/h4-5,8,10,17H,1-3,6-7,9H2. The molecule has 0 bridgehead atoms. The molecule has 4 heteroatoms. The van der Waals surface area contributed by atoms with E-state index in [9.17, 15) is 0 Å². The van der Waals surface area contributed by atoms with Crippen molar-refractivity contribution in [2.24, 2.45) is 0 Å². The number of hydrogen-bond donors (Lipinski definition) is 1. The number of aryl methyl sites for hydroxylation is 2. The number of rotatable bonds is 2. The van der Waals surface area contributed by atoms with Crippen molar-refractivity contribution in [3.05, 3.63) is 46.9 Å². The fourth-order valence-corrected chi connectivity index (χ4v) is 3.05. The maximum absolute atomic E-state index is 6.01. The SMILES string of the molecule is c1nc2c(c(Oc3ccc4c(c3)CCC4)n1)CNCC2. The Bertz CT molecular complexity index is 654. The molecule has 1 N–H and O–H groups in total. The molecule has 1 aliphatic heterocycles. The molecule has 4 rings (SSSR count). The summed E-state index contributed by atoms with van der Waals surface area (Å²) in [4.78, 5) is 8.66. The van der Waals surface area contributed by atoms with Crippen molar-refractivity contribution in [1.29, 1.82) is 0 Å². The molecule has 102 valence electrons. The summed E-state index contributed by atoms with van der Waals surface area (Å²) in [6.45, 7) is 1.76. The predicted molar refractivity (Wildman–Crippen MR) is 76.0 cm³/mol. The van der Waals surface area contributed by atoms with E-state index in [2.05, 4.69) is 33.5 Å². The molecule has 4 nitrogen and oxygen atoms in total. The second-order valence-corrected chi connectivity index (χ2v) is 5.42. The Morgan fingerprint density at radius 1 is 1.05 bits per heavy atom. The first-order chi connectivity index (χ1) is 9.90. The highest BCUT2D eigenvalue weighted by Gasteiger charge is 2.17. The second kappa shape index (κ2) is 4.87. The quantitative estimate of drug-likeness (QED) is 0.907. The van der Waals surface area contributed by atoms with Crippen LogP contribution in [0.15, 0.2) is 24.5 Å². The van der Waals surface area contributed by atoms with Gasteiger partial charge >= 0.3 is 0 Å². The zero-order valence-corrected chi connectivity index (χ0v) is 11.4. The molecule has 20 heavy (non-hydrogen) atoms. The minimum absolute atomic E-state index is 0.695. The summed E-state index contributed by atoms with van der Waals surface area (Å²) >= 11 is 0. The molecule has 1 aromatic heterocycles. The Labute approximate surface area is 118 Å². The molecule has 0 saturated carbocycles. The van der Waals surface area contributed by atoms with E-state index in [1.807, 2.05) is 0 Å². The Morgan fingerprint density at radius 3 is 3.00 bits per heavy atom. The Morgan fingerprint density at radius 2 is 2.00 bits per heavy atom. The van der Waals surface area contributed by atoms with Crippen LogP contribution in [0.25, 0.3) is 0 Å². The fourth-order valence-electron chi connectivity index (χ4n) is 3.05. The van der Waals surface area contributed by atoms with Gasteiger partial charge in [0.1, 0.15) is 12.1 Å². The van der Waals surface area contributed by atoms with E-state index < -0.39 is 0 Å². The summed E-state index contributed by atoms with van der Waals surface area (Å²) < 4.78 is 6.01. The summed E-state index contributed by atoms with van der Waals surface area (Å²) in [6.07, 6.45) is 6.16. The predicted octanol–water partition coefficient (Wildman–Crippen LogP) is 2.40. The third-order valence-corrected chi connectivity index (χ3v) is 4.12. The molecule has 0 amide bonds. The van der Waals surface area contributed by atoms with E-state index in [1.165, 1.54) is 24.0 Å². The molecule has 0 atom stereocenters. The fraction of sp³-hybridized carbons (Fsp3) is 0.375. The van der Waals surface area contributed by atoms with Gasteiger partial charge in [0.15, 0.2) is 0 Å². The topological polar surface area (TPSA) is 47.0 Å². The van der Waals surface area contributed by atoms with Crippen LogP contribution in [-0.4, -0.2) is 16.5 Å². The molecular weight excluding hydrogens is 250 g/mol. The number of ether oxygens (including phenoxy) is 1. The summed E-state index contributed by atoms with van der Waals surface area (Å²) in [5.74, 6) is 1.58. The average Bonchev–Trinajstić information content (AvgIpc) is 2.95. The summed E-state index contributed by atoms with van der Waals surface area (Å²) in [6, 6.07) is 6.39. The van der Waals surface area contributed by atoms with Crippen LogP contribution in [0.2, 0.25) is 0 Å². The summed E-state index contributed by atoms with van der Waals surface area (Å²) in [7, 11) is 0. The van der Waals surface area contributed by atoms with E-state index in [0.29, 0.717) is 5.88 Å². The molecule has 1 aliphatic carbocycles. The highest BCUT2D eigenvalue weighted by atomic mass is 16.5. The van der Waals surface area contributed by atoms with Crippen LogP contribution in [-0.2, 0) is 25.8 Å². The number of nitrogens with zero attached hydrogens (tertiary/aromatic N) is 2. The van der Waals surface area contributed by atoms with Gasteiger partial charge in [0, 0.05) is 19.5 Å². The normalized spacial score (nSPS) is 16.6. The molecule has 0 radical (unpaired) electrons. The monoisotopic (exact) mass is 267 g/mol. The van der Waals surface area contributed by atoms with Gasteiger partial charge in [0.25, 0.3) is 0 Å². The van der Waals surface area contributed by atoms with Gasteiger partial charge in [-0.2, -0.15) is 0 Å². The van der Waals surface area contributed by atoms with Gasteiger partial charge in [-0.15, -0.1) is 0 Å². The Balaban J connectivity index is 1.66. The third kappa shape index (κ3) is 2.06. The number of hydrogen-bond acceptors (Lipinski definition) is 4. The lowest BCUT2D eigenvalue weighted by atomic mass is 10.1. The minimum Gasteiger partial charge on any atom is -0.439 e. The molecule has 1 aromatic carbocycles. The first-order valence-electron chi connectivity index (χ1n) is 7.23. The van der Waals surface area contributed by atoms with Gasteiger partial charge in [-0.05, 0) is 42.5 Å². The molecule has 0 fully saturated rings. The van der Waals surface area contributed by atoms with Crippen LogP contribution in [0.5, 0.6) is 11.6 Å². The molecule has 0 saturated heterocycles. The van der Waals surface area contributed by atoms with Crippen molar-refractivity contribution in [3.63, 3.8) is 0 Å². The first kappa shape index (κ1) is 11.9. The van der Waals surface area contributed by atoms with E-state index in [4.69, 9.17) is 4.74 Å². The largest absolute Gasteiger partial charge is 0.439 e. The van der Waals surface area contributed by atoms with E-state index in [1.54, 1.807) is 6.33 Å². The molecule has 2 aromatic rings. The van der Waals surface area contributed by atoms with Gasteiger partial charge in [-0.25, -0.2) is 9.97 Å². The van der Waals surface area contributed by atoms with Crippen LogP contribution in [0.1, 0.15) is 28.8 Å². The molecular formula is C16H17N3O. The maximum atomic E-state index is 6.01. The van der Waals surface area contributed by atoms with Gasteiger partial charge in [-0.1, -0.05) is 6.07 Å². The Kier molecular flexibility index (Phi) is 2.89. The molecule has 2 aliphatic rings. The zero-order chi connectivity index (χ0) is 13.4. The minimum atomic E-state index is 0.695. The molecule has 0 spiro atoms. The van der Waals surface area contributed by atoms with Crippen LogP contribution in [0.3, 0.4) is 0 Å². The lowest BCUT2D eigenvalue weighted by molar-refractivity contribution is 0.443. The van der Waals surface area contributed by atoms with Crippen molar-refractivity contribution in [2.45, 2.75) is 32.2 Å². The number of benzene rings is 1. The third-order valence-electron chi connectivity index (χ3n) is 4.12. The van der Waals surface area contributed by atoms with Gasteiger partial charge in [-0.3, -0.25) is 0 Å². The van der Waals surface area contributed by atoms with Crippen LogP contribution < -0.4 is 10.1 Å². The average molecular weight is 267 g/mol. The van der Waals surface area contributed by atoms with Crippen molar-refractivity contribution < 1.29 is 4.74 Å². The summed E-state index contributed by atoms with van der Waals surface area (Å²) in [5.41, 5.74) is 5.08. The second-order valence-electron chi connectivity index (χ2n) is 5.42. The number of nitrogens with one attached hydrogen (secondary N) is 1. The van der Waals surface area contributed by atoms with Crippen molar-refractivity contribution in [2.75, 3.05) is 6.54 Å². The van der Waals surface area contributed by atoms with E-state index in [-0.39, 0.29) is 0 Å². The van der Waals surface area contributed by atoms with E-state index in [0.717, 1.165) is 42.9 Å². The smallest absolute Gasteiger partial charge is 0.227 e. The van der Waals surface area contributed by atoms with Gasteiger partial charge < -0.3 is 10.1 Å². The Hall–Kier alpha value is -1.94. The van der Waals surface area contributed by atoms with Crippen molar-refractivity contribution in [1.82, 2.24) is 15.3 Å². The lowest BCUT2D eigenvalue weighted by Crippen LogP contribution is -2.25. The van der Waals surface area contributed by atoms with Crippen LogP contribution in [0.4, 0.5) is 0 Å². The van der Waals surface area contributed by atoms with Crippen molar-refractivity contribution >= 4 is 0 Å². The molecule has 0 unspecified atom stereocenters.